The first-order chi connectivity index (χ1) is 13.0. The number of nitrogens with zero attached hydrogens (tertiary/aromatic N) is 1. The standard InChI is InChI=1S/C21H15Br2NO3/c22-16-9-5-14(6-10-16)13-24(19-4-2-1-3-18(19)21(26)27)20(25)15-7-11-17(23)12-8-15/h1-12H,13H2,(H,26,27). The van der Waals surface area contributed by atoms with E-state index in [0.717, 1.165) is 14.5 Å². The van der Waals surface area contributed by atoms with Gasteiger partial charge >= 0.3 is 5.97 Å². The number of carboxylic acid groups (broad SMARTS) is 1. The molecule has 3 aromatic rings. The molecule has 0 atom stereocenters. The van der Waals surface area contributed by atoms with Crippen LogP contribution in [0.15, 0.2) is 81.7 Å². The second kappa shape index (κ2) is 8.50. The molecule has 0 radical (unpaired) electrons. The molecule has 0 aromatic heterocycles. The fourth-order valence-corrected chi connectivity index (χ4v) is 3.21. The number of benzene rings is 3. The molecule has 6 heteroatoms. The average molecular weight is 489 g/mol. The maximum absolute atomic E-state index is 13.2. The molecule has 3 aromatic carbocycles. The highest BCUT2D eigenvalue weighted by molar-refractivity contribution is 9.10. The van der Waals surface area contributed by atoms with Crippen LogP contribution < -0.4 is 4.90 Å². The first kappa shape index (κ1) is 19.3. The summed E-state index contributed by atoms with van der Waals surface area (Å²) in [6.07, 6.45) is 0. The van der Waals surface area contributed by atoms with Gasteiger partial charge < -0.3 is 10.0 Å². The molecular weight excluding hydrogens is 474 g/mol. The smallest absolute Gasteiger partial charge is 0.337 e. The van der Waals surface area contributed by atoms with Crippen molar-refractivity contribution < 1.29 is 14.7 Å². The predicted octanol–water partition coefficient (Wildman–Crippen LogP) is 5.76. The van der Waals surface area contributed by atoms with Gasteiger partial charge in [0.15, 0.2) is 0 Å². The highest BCUT2D eigenvalue weighted by Gasteiger charge is 2.23. The van der Waals surface area contributed by atoms with E-state index in [1.807, 2.05) is 24.3 Å². The molecule has 0 saturated carbocycles. The van der Waals surface area contributed by atoms with Gasteiger partial charge in [0.05, 0.1) is 17.8 Å². The van der Waals surface area contributed by atoms with E-state index in [1.165, 1.54) is 11.0 Å². The van der Waals surface area contributed by atoms with Crippen molar-refractivity contribution >= 4 is 49.4 Å². The summed E-state index contributed by atoms with van der Waals surface area (Å²) < 4.78 is 1.80. The van der Waals surface area contributed by atoms with Crippen LogP contribution in [0.1, 0.15) is 26.3 Å². The molecular formula is C21H15Br2NO3. The number of rotatable bonds is 5. The zero-order chi connectivity index (χ0) is 19.4. The quantitative estimate of drug-likeness (QED) is 0.496. The Morgan fingerprint density at radius 3 is 1.96 bits per heavy atom. The van der Waals surface area contributed by atoms with Crippen LogP contribution in [0.2, 0.25) is 0 Å². The third kappa shape index (κ3) is 4.64. The monoisotopic (exact) mass is 487 g/mol. The summed E-state index contributed by atoms with van der Waals surface area (Å²) >= 11 is 6.76. The highest BCUT2D eigenvalue weighted by Crippen LogP contribution is 2.26. The maximum Gasteiger partial charge on any atom is 0.337 e. The van der Waals surface area contributed by atoms with Crippen LogP contribution in [0.25, 0.3) is 0 Å². The van der Waals surface area contributed by atoms with E-state index < -0.39 is 5.97 Å². The Kier molecular flexibility index (Phi) is 6.08. The number of hydrogen-bond donors (Lipinski definition) is 1. The fraction of sp³-hybridized carbons (Fsp3) is 0.0476. The van der Waals surface area contributed by atoms with Gasteiger partial charge in [-0.25, -0.2) is 4.79 Å². The SMILES string of the molecule is O=C(O)c1ccccc1N(Cc1ccc(Br)cc1)C(=O)c1ccc(Br)cc1. The predicted molar refractivity (Wildman–Crippen MR) is 112 cm³/mol. The minimum atomic E-state index is -1.07. The summed E-state index contributed by atoms with van der Waals surface area (Å²) in [7, 11) is 0. The molecule has 27 heavy (non-hydrogen) atoms. The van der Waals surface area contributed by atoms with Gasteiger partial charge in [-0.2, -0.15) is 0 Å². The van der Waals surface area contributed by atoms with Crippen molar-refractivity contribution in [3.8, 4) is 0 Å². The lowest BCUT2D eigenvalue weighted by Gasteiger charge is -2.25. The van der Waals surface area contributed by atoms with E-state index in [9.17, 15) is 14.7 Å². The Labute approximate surface area is 173 Å². The molecule has 0 aliphatic heterocycles. The van der Waals surface area contributed by atoms with Gasteiger partial charge in [0.25, 0.3) is 5.91 Å². The van der Waals surface area contributed by atoms with Crippen LogP contribution in [-0.4, -0.2) is 17.0 Å². The van der Waals surface area contributed by atoms with E-state index >= 15 is 0 Å². The number of para-hydroxylation sites is 1. The molecule has 1 amide bonds. The lowest BCUT2D eigenvalue weighted by molar-refractivity contribution is 0.0697. The van der Waals surface area contributed by atoms with Crippen molar-refractivity contribution in [2.45, 2.75) is 6.54 Å². The van der Waals surface area contributed by atoms with Crippen LogP contribution in [0.4, 0.5) is 5.69 Å². The minimum Gasteiger partial charge on any atom is -0.478 e. The van der Waals surface area contributed by atoms with Crippen molar-refractivity contribution in [3.05, 3.63) is 98.4 Å². The van der Waals surface area contributed by atoms with E-state index in [2.05, 4.69) is 31.9 Å². The van der Waals surface area contributed by atoms with E-state index in [0.29, 0.717) is 11.3 Å². The number of carboxylic acids is 1. The molecule has 136 valence electrons. The zero-order valence-electron chi connectivity index (χ0n) is 14.1. The van der Waals surface area contributed by atoms with Crippen LogP contribution in [0.3, 0.4) is 0 Å². The van der Waals surface area contributed by atoms with Crippen LogP contribution in [-0.2, 0) is 6.54 Å². The summed E-state index contributed by atoms with van der Waals surface area (Å²) in [4.78, 5) is 26.4. The largest absolute Gasteiger partial charge is 0.478 e. The lowest BCUT2D eigenvalue weighted by atomic mass is 10.1. The lowest BCUT2D eigenvalue weighted by Crippen LogP contribution is -2.31. The molecule has 0 heterocycles. The number of halogens is 2. The van der Waals surface area contributed by atoms with Crippen molar-refractivity contribution in [2.24, 2.45) is 0 Å². The second-order valence-corrected chi connectivity index (χ2v) is 7.68. The van der Waals surface area contributed by atoms with Crippen LogP contribution in [0, 0.1) is 0 Å². The Balaban J connectivity index is 2.06. The summed E-state index contributed by atoms with van der Waals surface area (Å²) in [6, 6.07) is 21.1. The van der Waals surface area contributed by atoms with Gasteiger partial charge in [-0.1, -0.05) is 56.1 Å². The maximum atomic E-state index is 13.2. The third-order valence-electron chi connectivity index (χ3n) is 4.02. The molecule has 0 unspecified atom stereocenters. The first-order valence-corrected chi connectivity index (χ1v) is 9.68. The van der Waals surface area contributed by atoms with Crippen LogP contribution >= 0.6 is 31.9 Å². The number of anilines is 1. The van der Waals surface area contributed by atoms with Gasteiger partial charge in [0.2, 0.25) is 0 Å². The Bertz CT molecular complexity index is 969. The molecule has 0 bridgehead atoms. The van der Waals surface area contributed by atoms with E-state index in [4.69, 9.17) is 0 Å². The molecule has 0 aliphatic rings. The van der Waals surface area contributed by atoms with Crippen molar-refractivity contribution in [2.75, 3.05) is 4.90 Å². The molecule has 3 rings (SSSR count). The molecule has 1 N–H and O–H groups in total. The Hall–Kier alpha value is -2.44. The molecule has 4 nitrogen and oxygen atoms in total. The Morgan fingerprint density at radius 1 is 0.815 bits per heavy atom. The summed E-state index contributed by atoms with van der Waals surface area (Å²) in [5, 5.41) is 9.56. The average Bonchev–Trinajstić information content (AvgIpc) is 2.67. The van der Waals surface area contributed by atoms with Crippen molar-refractivity contribution in [1.29, 1.82) is 0 Å². The minimum absolute atomic E-state index is 0.0834. The van der Waals surface area contributed by atoms with Gasteiger partial charge in [0, 0.05) is 14.5 Å². The molecule has 0 fully saturated rings. The van der Waals surface area contributed by atoms with E-state index in [-0.39, 0.29) is 18.0 Å². The number of aromatic carboxylic acids is 1. The van der Waals surface area contributed by atoms with Gasteiger partial charge in [-0.15, -0.1) is 0 Å². The van der Waals surface area contributed by atoms with Crippen molar-refractivity contribution in [3.63, 3.8) is 0 Å². The first-order valence-electron chi connectivity index (χ1n) is 8.10. The van der Waals surface area contributed by atoms with Crippen molar-refractivity contribution in [1.82, 2.24) is 0 Å². The third-order valence-corrected chi connectivity index (χ3v) is 5.07. The normalized spacial score (nSPS) is 10.4. The van der Waals surface area contributed by atoms with Gasteiger partial charge in [-0.3, -0.25) is 4.79 Å². The molecule has 0 saturated heterocycles. The number of carbonyl (C=O) groups excluding carboxylic acids is 1. The van der Waals surface area contributed by atoms with Gasteiger partial charge in [-0.05, 0) is 54.1 Å². The fourth-order valence-electron chi connectivity index (χ4n) is 2.68. The van der Waals surface area contributed by atoms with Gasteiger partial charge in [0.1, 0.15) is 0 Å². The zero-order valence-corrected chi connectivity index (χ0v) is 17.3. The van der Waals surface area contributed by atoms with E-state index in [1.54, 1.807) is 42.5 Å². The second-order valence-electron chi connectivity index (χ2n) is 5.85. The summed E-state index contributed by atoms with van der Waals surface area (Å²) in [5.74, 6) is -1.34. The summed E-state index contributed by atoms with van der Waals surface area (Å²) in [6.45, 7) is 0.256. The number of hydrogen-bond acceptors (Lipinski definition) is 2. The highest BCUT2D eigenvalue weighted by atomic mass is 79.9. The number of carbonyl (C=O) groups is 2. The van der Waals surface area contributed by atoms with Crippen LogP contribution in [0.5, 0.6) is 0 Å². The molecule has 0 aliphatic carbocycles. The summed E-state index contributed by atoms with van der Waals surface area (Å²) in [5.41, 5.74) is 1.82. The number of amides is 1. The topological polar surface area (TPSA) is 57.6 Å². The molecule has 0 spiro atoms. The Morgan fingerprint density at radius 2 is 1.37 bits per heavy atom.